The minimum Gasteiger partial charge on any atom is -0.479 e. The highest BCUT2D eigenvalue weighted by Crippen LogP contribution is 2.28. The van der Waals surface area contributed by atoms with E-state index in [1.165, 1.54) is 11.6 Å². The Kier molecular flexibility index (Phi) is 2.18. The number of aliphatic carboxylic acids is 2. The molecule has 0 saturated carbocycles. The molecule has 0 fully saturated rings. The van der Waals surface area contributed by atoms with Crippen molar-refractivity contribution in [1.82, 2.24) is 0 Å². The number of rotatable bonds is 2. The van der Waals surface area contributed by atoms with Crippen molar-refractivity contribution in [2.45, 2.75) is 4.75 Å². The molecule has 6 heteroatoms. The van der Waals surface area contributed by atoms with E-state index in [4.69, 9.17) is 10.2 Å². The second-order valence-corrected chi connectivity index (χ2v) is 3.18. The van der Waals surface area contributed by atoms with Crippen LogP contribution in [-0.4, -0.2) is 33.1 Å². The highest BCUT2D eigenvalue weighted by atomic mass is 32.2. The van der Waals surface area contributed by atoms with Gasteiger partial charge in [0, 0.05) is 12.4 Å². The Balaban J connectivity index is 3.04. The second kappa shape index (κ2) is 2.98. The number of carboxylic acid groups (broad SMARTS) is 2. The van der Waals surface area contributed by atoms with Crippen molar-refractivity contribution in [2.24, 2.45) is 4.99 Å². The fraction of sp³-hybridized carbons (Fsp3) is 0.167. The molecule has 0 bridgehead atoms. The molecule has 1 rings (SSSR count). The molecule has 1 aliphatic rings. The molecule has 0 saturated heterocycles. The predicted molar refractivity (Wildman–Crippen MR) is 43.2 cm³/mol. The summed E-state index contributed by atoms with van der Waals surface area (Å²) in [5.41, 5.74) is 0. The van der Waals surface area contributed by atoms with Crippen LogP contribution < -0.4 is 0 Å². The van der Waals surface area contributed by atoms with Gasteiger partial charge in [0.05, 0.1) is 0 Å². The van der Waals surface area contributed by atoms with E-state index in [-0.39, 0.29) is 0 Å². The highest BCUT2D eigenvalue weighted by molar-refractivity contribution is 8.05. The summed E-state index contributed by atoms with van der Waals surface area (Å²) in [7, 11) is 0. The highest BCUT2D eigenvalue weighted by Gasteiger charge is 2.46. The van der Waals surface area contributed by atoms with E-state index in [0.717, 1.165) is 6.21 Å². The minimum absolute atomic E-state index is 0.698. The number of hydrogen-bond donors (Lipinski definition) is 2. The standard InChI is InChI=1S/C6H5NO4S/c8-4(9)6(5(10)11)3-7-1-2-12-6/h1-3H,(H,8,9)(H,10,11). The van der Waals surface area contributed by atoms with Crippen LogP contribution in [0.2, 0.25) is 0 Å². The molecule has 2 N–H and O–H groups in total. The number of hydrogen-bond acceptors (Lipinski definition) is 4. The molecular weight excluding hydrogens is 182 g/mol. The number of carboxylic acids is 2. The van der Waals surface area contributed by atoms with Crippen LogP contribution in [0, 0.1) is 0 Å². The van der Waals surface area contributed by atoms with Crippen LogP contribution in [-0.2, 0) is 9.59 Å². The van der Waals surface area contributed by atoms with Gasteiger partial charge in [-0.1, -0.05) is 11.8 Å². The molecule has 64 valence electrons. The molecule has 1 aliphatic heterocycles. The molecule has 1 heterocycles. The van der Waals surface area contributed by atoms with Crippen molar-refractivity contribution < 1.29 is 19.8 Å². The second-order valence-electron chi connectivity index (χ2n) is 2.03. The summed E-state index contributed by atoms with van der Waals surface area (Å²) < 4.78 is -1.95. The fourth-order valence-electron chi connectivity index (χ4n) is 0.654. The van der Waals surface area contributed by atoms with Gasteiger partial charge in [0.25, 0.3) is 0 Å². The third-order valence-electron chi connectivity index (χ3n) is 1.29. The lowest BCUT2D eigenvalue weighted by Gasteiger charge is -2.18. The fourth-order valence-corrected chi connectivity index (χ4v) is 1.32. The topological polar surface area (TPSA) is 87.0 Å². The molecular formula is C6H5NO4S. The van der Waals surface area contributed by atoms with Crippen LogP contribution in [0.3, 0.4) is 0 Å². The summed E-state index contributed by atoms with van der Waals surface area (Å²) >= 11 is 0.698. The summed E-state index contributed by atoms with van der Waals surface area (Å²) in [5, 5.41) is 18.6. The lowest BCUT2D eigenvalue weighted by Crippen LogP contribution is -2.45. The minimum atomic E-state index is -1.95. The maximum absolute atomic E-state index is 10.6. The molecule has 0 unspecified atom stereocenters. The molecule has 0 aliphatic carbocycles. The maximum Gasteiger partial charge on any atom is 0.337 e. The van der Waals surface area contributed by atoms with E-state index in [9.17, 15) is 9.59 Å². The van der Waals surface area contributed by atoms with Crippen molar-refractivity contribution in [3.8, 4) is 0 Å². The van der Waals surface area contributed by atoms with Crippen molar-refractivity contribution in [3.05, 3.63) is 11.6 Å². The van der Waals surface area contributed by atoms with Gasteiger partial charge in [-0.2, -0.15) is 0 Å². The quantitative estimate of drug-likeness (QED) is 0.602. The van der Waals surface area contributed by atoms with Gasteiger partial charge >= 0.3 is 11.9 Å². The smallest absolute Gasteiger partial charge is 0.337 e. The van der Waals surface area contributed by atoms with Crippen LogP contribution in [0.4, 0.5) is 0 Å². The molecule has 5 nitrogen and oxygen atoms in total. The van der Waals surface area contributed by atoms with Crippen molar-refractivity contribution in [3.63, 3.8) is 0 Å². The number of carbonyl (C=O) groups is 2. The van der Waals surface area contributed by atoms with Gasteiger partial charge in [0.2, 0.25) is 4.75 Å². The third-order valence-corrected chi connectivity index (χ3v) is 2.38. The molecule has 0 aromatic carbocycles. The monoisotopic (exact) mass is 187 g/mol. The van der Waals surface area contributed by atoms with Gasteiger partial charge in [-0.05, 0) is 5.41 Å². The zero-order valence-corrected chi connectivity index (χ0v) is 6.61. The van der Waals surface area contributed by atoms with Crippen molar-refractivity contribution >= 4 is 29.9 Å². The SMILES string of the molecule is O=C(O)C1(C(=O)O)C=NC=CS1. The Morgan fingerprint density at radius 1 is 1.33 bits per heavy atom. The van der Waals surface area contributed by atoms with Crippen LogP contribution >= 0.6 is 11.8 Å². The number of thioether (sulfide) groups is 1. The zero-order valence-electron chi connectivity index (χ0n) is 5.80. The van der Waals surface area contributed by atoms with Crippen LogP contribution in [0.25, 0.3) is 0 Å². The zero-order chi connectivity index (χ0) is 9.19. The van der Waals surface area contributed by atoms with E-state index >= 15 is 0 Å². The van der Waals surface area contributed by atoms with Gasteiger partial charge in [-0.3, -0.25) is 4.99 Å². The first-order valence-corrected chi connectivity index (χ1v) is 3.81. The largest absolute Gasteiger partial charge is 0.479 e. The molecule has 0 aromatic heterocycles. The predicted octanol–water partition coefficient (Wildman–Crippen LogP) is 0.183. The summed E-state index contributed by atoms with van der Waals surface area (Å²) in [4.78, 5) is 24.7. The van der Waals surface area contributed by atoms with E-state index in [1.54, 1.807) is 0 Å². The van der Waals surface area contributed by atoms with Gasteiger partial charge < -0.3 is 10.2 Å². The molecule has 0 amide bonds. The maximum atomic E-state index is 10.6. The van der Waals surface area contributed by atoms with Crippen molar-refractivity contribution in [1.29, 1.82) is 0 Å². The molecule has 0 atom stereocenters. The Bertz CT molecular complexity index is 269. The average molecular weight is 187 g/mol. The Morgan fingerprint density at radius 2 is 1.92 bits per heavy atom. The lowest BCUT2D eigenvalue weighted by molar-refractivity contribution is -0.148. The Hall–Kier alpha value is -1.30. The molecule has 0 radical (unpaired) electrons. The Labute approximate surface area is 71.8 Å². The first kappa shape index (κ1) is 8.79. The van der Waals surface area contributed by atoms with Gasteiger partial charge in [-0.15, -0.1) is 0 Å². The summed E-state index contributed by atoms with van der Waals surface area (Å²) in [6.45, 7) is 0. The van der Waals surface area contributed by atoms with Gasteiger partial charge in [0.1, 0.15) is 0 Å². The Morgan fingerprint density at radius 3 is 2.17 bits per heavy atom. The van der Waals surface area contributed by atoms with E-state index in [1.807, 2.05) is 0 Å². The van der Waals surface area contributed by atoms with E-state index in [2.05, 4.69) is 4.99 Å². The lowest BCUT2D eigenvalue weighted by atomic mass is 10.1. The molecule has 12 heavy (non-hydrogen) atoms. The summed E-state index contributed by atoms with van der Waals surface area (Å²) in [5.74, 6) is -2.85. The van der Waals surface area contributed by atoms with E-state index in [0.29, 0.717) is 11.8 Å². The van der Waals surface area contributed by atoms with Gasteiger partial charge in [0.15, 0.2) is 0 Å². The summed E-state index contributed by atoms with van der Waals surface area (Å²) in [6, 6.07) is 0. The summed E-state index contributed by atoms with van der Waals surface area (Å²) in [6.07, 6.45) is 2.25. The number of nitrogens with zero attached hydrogens (tertiary/aromatic N) is 1. The molecule has 0 aromatic rings. The van der Waals surface area contributed by atoms with Crippen LogP contribution in [0.1, 0.15) is 0 Å². The van der Waals surface area contributed by atoms with Gasteiger partial charge in [-0.25, -0.2) is 9.59 Å². The van der Waals surface area contributed by atoms with Crippen LogP contribution in [0.5, 0.6) is 0 Å². The number of aliphatic imine (C=N–C) groups is 1. The molecule has 0 spiro atoms. The first-order chi connectivity index (χ1) is 5.59. The first-order valence-electron chi connectivity index (χ1n) is 2.93. The van der Waals surface area contributed by atoms with Crippen molar-refractivity contribution in [2.75, 3.05) is 0 Å². The normalized spacial score (nSPS) is 19.0. The van der Waals surface area contributed by atoms with Crippen LogP contribution in [0.15, 0.2) is 16.6 Å². The average Bonchev–Trinajstić information content (AvgIpc) is 2.05. The van der Waals surface area contributed by atoms with E-state index < -0.39 is 16.7 Å². The third kappa shape index (κ3) is 1.20.